The van der Waals surface area contributed by atoms with Crippen molar-refractivity contribution in [3.8, 4) is 39.9 Å². The van der Waals surface area contributed by atoms with E-state index in [1.54, 1.807) is 31.4 Å². The van der Waals surface area contributed by atoms with Gasteiger partial charge in [0.15, 0.2) is 23.0 Å². The van der Waals surface area contributed by atoms with E-state index < -0.39 is 24.0 Å². The molecule has 0 bridgehead atoms. The van der Waals surface area contributed by atoms with Crippen LogP contribution in [0.15, 0.2) is 41.2 Å². The number of anilines is 1. The van der Waals surface area contributed by atoms with E-state index in [0.29, 0.717) is 64.7 Å². The molecule has 3 unspecified atom stereocenters. The molecule has 0 saturated heterocycles. The lowest BCUT2D eigenvalue weighted by atomic mass is 9.91. The highest BCUT2D eigenvalue weighted by Gasteiger charge is 2.38. The minimum Gasteiger partial charge on any atom is -0.493 e. The number of rotatable bonds is 12. The van der Waals surface area contributed by atoms with E-state index in [9.17, 15) is 19.2 Å². The van der Waals surface area contributed by atoms with Gasteiger partial charge >= 0.3 is 0 Å². The van der Waals surface area contributed by atoms with Gasteiger partial charge in [0.2, 0.25) is 28.9 Å². The molecular formula is C39H48N4O9. The van der Waals surface area contributed by atoms with Gasteiger partial charge in [0.1, 0.15) is 12.1 Å². The van der Waals surface area contributed by atoms with Crippen LogP contribution in [0, 0.1) is 5.92 Å². The summed E-state index contributed by atoms with van der Waals surface area (Å²) in [7, 11) is 7.68. The highest BCUT2D eigenvalue weighted by molar-refractivity contribution is 5.91. The number of nitrogens with two attached hydrogens (primary N) is 1. The lowest BCUT2D eigenvalue weighted by Crippen LogP contribution is -2.55. The van der Waals surface area contributed by atoms with Crippen LogP contribution in [0.1, 0.15) is 61.9 Å². The normalized spacial score (nSPS) is 16.7. The summed E-state index contributed by atoms with van der Waals surface area (Å²) in [6.45, 7) is 5.50. The van der Waals surface area contributed by atoms with Gasteiger partial charge in [0, 0.05) is 25.5 Å². The Bertz CT molecular complexity index is 1930. The average molecular weight is 717 g/mol. The van der Waals surface area contributed by atoms with Crippen LogP contribution in [0.25, 0.3) is 11.1 Å². The van der Waals surface area contributed by atoms with Crippen molar-refractivity contribution in [1.82, 2.24) is 10.2 Å². The number of carbonyl (C=O) groups excluding carboxylic acids is 3. The van der Waals surface area contributed by atoms with Crippen LogP contribution >= 0.6 is 0 Å². The largest absolute Gasteiger partial charge is 0.493 e. The second-order valence-electron chi connectivity index (χ2n) is 13.5. The summed E-state index contributed by atoms with van der Waals surface area (Å²) in [6, 6.07) is 8.15. The zero-order valence-corrected chi connectivity index (χ0v) is 31.0. The van der Waals surface area contributed by atoms with Crippen molar-refractivity contribution >= 4 is 23.4 Å². The smallest absolute Gasteiger partial charge is 0.246 e. The molecule has 0 spiro atoms. The number of carbonyl (C=O) groups is 3. The van der Waals surface area contributed by atoms with E-state index in [1.165, 1.54) is 46.3 Å². The number of ether oxygens (including phenoxy) is 5. The summed E-state index contributed by atoms with van der Waals surface area (Å²) >= 11 is 0. The first kappa shape index (κ1) is 37.8. The maximum atomic E-state index is 14.5. The molecule has 3 amide bonds. The Labute approximate surface area is 303 Å². The fourth-order valence-corrected chi connectivity index (χ4v) is 7.31. The highest BCUT2D eigenvalue weighted by atomic mass is 16.5. The predicted octanol–water partition coefficient (Wildman–Crippen LogP) is 4.15. The molecule has 0 aromatic heterocycles. The fourth-order valence-electron chi connectivity index (χ4n) is 7.31. The Balaban J connectivity index is 1.61. The molecule has 3 aromatic rings. The molecule has 1 aliphatic carbocycles. The number of hydrogen-bond donors (Lipinski definition) is 3. The molecule has 13 heteroatoms. The molecule has 0 saturated carbocycles. The number of benzene rings is 2. The second-order valence-corrected chi connectivity index (χ2v) is 13.5. The van der Waals surface area contributed by atoms with Crippen LogP contribution in [-0.2, 0) is 33.8 Å². The zero-order chi connectivity index (χ0) is 37.9. The third kappa shape index (κ3) is 7.44. The standard InChI is InChI=1S/C39H48N4O9/c1-20(2)13-29(39(47)43-19-24-17-33(49-5)32(48-4)16-23(24)14-30(43)38(40)46)42-28-12-10-25-26(18-31(28)45)27(41-21(3)44)11-9-22-15-34(50-6)36(51-7)37(52-8)35(22)25/h10,12,15-18,20,27,29-30H,9,11,13-14,19H2,1-8H3,(H2,40,46)(H,41,44)(H,42,45). The van der Waals surface area contributed by atoms with Crippen LogP contribution in [0.5, 0.6) is 28.7 Å². The number of amides is 3. The number of nitrogens with one attached hydrogen (secondary N) is 2. The average Bonchev–Trinajstić information content (AvgIpc) is 3.36. The lowest BCUT2D eigenvalue weighted by Gasteiger charge is -2.38. The van der Waals surface area contributed by atoms with Crippen LogP contribution < -0.4 is 45.5 Å². The van der Waals surface area contributed by atoms with Gasteiger partial charge in [0.05, 0.1) is 47.3 Å². The molecule has 0 radical (unpaired) electrons. The summed E-state index contributed by atoms with van der Waals surface area (Å²) in [5, 5.41) is 6.26. The molecule has 3 atom stereocenters. The molecule has 1 heterocycles. The molecule has 52 heavy (non-hydrogen) atoms. The van der Waals surface area contributed by atoms with Crippen LogP contribution in [0.3, 0.4) is 0 Å². The van der Waals surface area contributed by atoms with E-state index >= 15 is 0 Å². The van der Waals surface area contributed by atoms with Gasteiger partial charge in [-0.2, -0.15) is 0 Å². The van der Waals surface area contributed by atoms with Crippen molar-refractivity contribution in [2.75, 3.05) is 40.9 Å². The van der Waals surface area contributed by atoms with Gasteiger partial charge in [-0.1, -0.05) is 19.9 Å². The minimum absolute atomic E-state index is 0.0434. The maximum absolute atomic E-state index is 14.5. The summed E-state index contributed by atoms with van der Waals surface area (Å²) in [5.41, 5.74) is 10.2. The van der Waals surface area contributed by atoms with Gasteiger partial charge in [-0.3, -0.25) is 19.2 Å². The molecule has 13 nitrogen and oxygen atoms in total. The van der Waals surface area contributed by atoms with Gasteiger partial charge < -0.3 is 45.0 Å². The summed E-state index contributed by atoms with van der Waals surface area (Å²) in [6.07, 6.45) is 1.61. The summed E-state index contributed by atoms with van der Waals surface area (Å²) < 4.78 is 28.2. The maximum Gasteiger partial charge on any atom is 0.246 e. The first-order chi connectivity index (χ1) is 24.8. The van der Waals surface area contributed by atoms with Gasteiger partial charge in [-0.25, -0.2) is 0 Å². The number of primary amides is 1. The third-order valence-corrected chi connectivity index (χ3v) is 9.70. The van der Waals surface area contributed by atoms with Crippen LogP contribution in [-0.4, -0.2) is 70.3 Å². The fraction of sp³-hybridized carbons (Fsp3) is 0.436. The Morgan fingerprint density at radius 1 is 0.865 bits per heavy atom. The Morgan fingerprint density at radius 2 is 1.50 bits per heavy atom. The predicted molar refractivity (Wildman–Crippen MR) is 196 cm³/mol. The number of aryl methyl sites for hydroxylation is 1. The molecule has 3 aromatic carbocycles. The monoisotopic (exact) mass is 716 g/mol. The van der Waals surface area contributed by atoms with Crippen molar-refractivity contribution in [3.63, 3.8) is 0 Å². The van der Waals surface area contributed by atoms with Crippen molar-refractivity contribution in [1.29, 1.82) is 0 Å². The van der Waals surface area contributed by atoms with Gasteiger partial charge in [-0.15, -0.1) is 0 Å². The van der Waals surface area contributed by atoms with Crippen LogP contribution in [0.4, 0.5) is 5.69 Å². The highest BCUT2D eigenvalue weighted by Crippen LogP contribution is 2.50. The van der Waals surface area contributed by atoms with E-state index in [-0.39, 0.29) is 41.8 Å². The van der Waals surface area contributed by atoms with Crippen molar-refractivity contribution in [2.24, 2.45) is 11.7 Å². The quantitative estimate of drug-likeness (QED) is 0.248. The SMILES string of the molecule is COc1cc2c(cc1OC)CN(C(=O)C(CC(C)C)Nc1ccc3c(cc1=O)C(NC(C)=O)CCc1cc(OC)c(OC)c(OC)c1-3)C(C(N)=O)C2. The lowest BCUT2D eigenvalue weighted by molar-refractivity contribution is -0.141. The van der Waals surface area contributed by atoms with E-state index in [0.717, 1.165) is 16.7 Å². The number of hydrogen-bond acceptors (Lipinski definition) is 10. The molecule has 4 N–H and O–H groups in total. The zero-order valence-electron chi connectivity index (χ0n) is 31.0. The molecule has 0 fully saturated rings. The molecule has 1 aliphatic heterocycles. The second kappa shape index (κ2) is 15.8. The minimum atomic E-state index is -0.918. The van der Waals surface area contributed by atoms with Gasteiger partial charge in [0.25, 0.3) is 0 Å². The number of methoxy groups -OCH3 is 5. The first-order valence-corrected chi connectivity index (χ1v) is 17.2. The summed E-state index contributed by atoms with van der Waals surface area (Å²) in [4.78, 5) is 55.3. The third-order valence-electron chi connectivity index (χ3n) is 9.70. The first-order valence-electron chi connectivity index (χ1n) is 17.2. The van der Waals surface area contributed by atoms with E-state index in [1.807, 2.05) is 19.9 Å². The molecule has 5 rings (SSSR count). The van der Waals surface area contributed by atoms with Crippen molar-refractivity contribution < 1.29 is 38.1 Å². The Morgan fingerprint density at radius 3 is 2.08 bits per heavy atom. The van der Waals surface area contributed by atoms with Crippen LogP contribution in [0.2, 0.25) is 0 Å². The Kier molecular flexibility index (Phi) is 11.5. The van der Waals surface area contributed by atoms with E-state index in [4.69, 9.17) is 29.4 Å². The topological polar surface area (TPSA) is 168 Å². The number of fused-ring (bicyclic) bond motifs is 4. The molecular weight excluding hydrogens is 668 g/mol. The van der Waals surface area contributed by atoms with Crippen molar-refractivity contribution in [3.05, 3.63) is 68.9 Å². The summed E-state index contributed by atoms with van der Waals surface area (Å²) in [5.74, 6) is 1.12. The Hall–Kier alpha value is -5.46. The molecule has 278 valence electrons. The molecule has 2 aliphatic rings. The van der Waals surface area contributed by atoms with Gasteiger partial charge in [-0.05, 0) is 83.3 Å². The van der Waals surface area contributed by atoms with E-state index in [2.05, 4.69) is 10.6 Å². The number of nitrogens with zero attached hydrogens (tertiary/aromatic N) is 1. The van der Waals surface area contributed by atoms with Crippen molar-refractivity contribution in [2.45, 2.75) is 71.1 Å².